The fourth-order valence-corrected chi connectivity index (χ4v) is 12.5. The summed E-state index contributed by atoms with van der Waals surface area (Å²) < 4.78 is 56.9. The van der Waals surface area contributed by atoms with Crippen LogP contribution in [0.3, 0.4) is 0 Å². The summed E-state index contributed by atoms with van der Waals surface area (Å²) in [5.74, 6) is -2.62. The number of cyclic esters (lactones) is 1. The lowest BCUT2D eigenvalue weighted by atomic mass is 9.59. The van der Waals surface area contributed by atoms with E-state index in [0.717, 1.165) is 19.3 Å². The van der Waals surface area contributed by atoms with Gasteiger partial charge in [-0.1, -0.05) is 26.0 Å². The summed E-state index contributed by atoms with van der Waals surface area (Å²) in [4.78, 5) is 53.9. The van der Waals surface area contributed by atoms with Gasteiger partial charge >= 0.3 is 11.9 Å². The molecule has 0 N–H and O–H groups in total. The molecule has 2 saturated carbocycles. The smallest absolute Gasteiger partial charge is 0.338 e. The molecule has 7 aliphatic rings. The molecule has 63 heavy (non-hydrogen) atoms. The van der Waals surface area contributed by atoms with E-state index in [9.17, 15) is 9.59 Å². The van der Waals surface area contributed by atoms with Crippen LogP contribution in [0, 0.1) is 41.4 Å². The molecule has 19 atom stereocenters. The molecule has 0 spiro atoms. The van der Waals surface area contributed by atoms with Crippen molar-refractivity contribution in [1.29, 1.82) is 0 Å². The zero-order valence-corrected chi connectivity index (χ0v) is 38.5. The van der Waals surface area contributed by atoms with Crippen molar-refractivity contribution in [2.75, 3.05) is 35.4 Å². The van der Waals surface area contributed by atoms with Crippen molar-refractivity contribution in [3.63, 3.8) is 0 Å². The van der Waals surface area contributed by atoms with Crippen molar-refractivity contribution >= 4 is 23.3 Å². The number of ether oxygens (including phenoxy) is 9. The standard InChI is InChI=1S/C48H69N3O12/c1-10-28-12-11-13-38(62-40-15-14-37(51(5)6)25(3)58-40)24(2)42(53)35-19-33-31-16-29(61-48-46(57-9)45(56-8)43(55-7)26(4)59-48)17-32(31)36-18-30(27-21-49-23-50-22-27)47(54)63-44(36)41(33)34(35)20-39(52)60-28/h18-19,21-26,28-29,31-34,36-38,40-41,43-46,48H,10-17,20H2,1-9H3/t24-,25?,26?,28+,29+,31-,32-,33+,34-,36?,37+,38+,40+,41-,43+,44?,45?,46+,48+/m1/s1. The topological polar surface area (TPSA) is 163 Å². The number of allylic oxidation sites excluding steroid dienone is 2. The Labute approximate surface area is 372 Å². The van der Waals surface area contributed by atoms with E-state index in [4.69, 9.17) is 42.6 Å². The second-order valence-electron chi connectivity index (χ2n) is 19.3. The molecule has 0 aromatic carbocycles. The first-order valence-corrected chi connectivity index (χ1v) is 23.4. The lowest BCUT2D eigenvalue weighted by Crippen LogP contribution is -2.59. The van der Waals surface area contributed by atoms with E-state index in [-0.39, 0.29) is 84.3 Å². The zero-order chi connectivity index (χ0) is 44.7. The second-order valence-corrected chi connectivity index (χ2v) is 19.3. The van der Waals surface area contributed by atoms with Crippen LogP contribution in [0.2, 0.25) is 0 Å². The van der Waals surface area contributed by atoms with Crippen LogP contribution in [0.1, 0.15) is 91.0 Å². The first-order valence-electron chi connectivity index (χ1n) is 23.4. The minimum absolute atomic E-state index is 0.00619. The third kappa shape index (κ3) is 9.19. The summed E-state index contributed by atoms with van der Waals surface area (Å²) in [5, 5.41) is 0. The van der Waals surface area contributed by atoms with E-state index in [1.807, 2.05) is 26.8 Å². The van der Waals surface area contributed by atoms with Crippen LogP contribution in [-0.4, -0.2) is 142 Å². The molecule has 1 aromatic heterocycles. The van der Waals surface area contributed by atoms with Gasteiger partial charge in [-0.05, 0) is 103 Å². The number of hydrogen-bond donors (Lipinski definition) is 0. The van der Waals surface area contributed by atoms with Gasteiger partial charge in [0.05, 0.1) is 36.4 Å². The number of hydrogen-bond acceptors (Lipinski definition) is 15. The summed E-state index contributed by atoms with van der Waals surface area (Å²) in [6, 6.07) is 0.285. The number of likely N-dealkylation sites (N-methyl/N-ethyl adjacent to an activating group) is 1. The summed E-state index contributed by atoms with van der Waals surface area (Å²) in [7, 11) is 9.03. The summed E-state index contributed by atoms with van der Waals surface area (Å²) in [5.41, 5.74) is 1.59. The Morgan fingerprint density at radius 2 is 1.51 bits per heavy atom. The molecule has 348 valence electrons. The van der Waals surface area contributed by atoms with Gasteiger partial charge in [0.2, 0.25) is 0 Å². The average Bonchev–Trinajstić information content (AvgIpc) is 3.86. The number of esters is 2. The number of carbonyl (C=O) groups excluding carboxylic acids is 3. The van der Waals surface area contributed by atoms with Crippen LogP contribution < -0.4 is 0 Å². The van der Waals surface area contributed by atoms with Gasteiger partial charge in [0, 0.05) is 69.0 Å². The Morgan fingerprint density at radius 3 is 2.17 bits per heavy atom. The Kier molecular flexibility index (Phi) is 14.5. The molecule has 15 heteroatoms. The summed E-state index contributed by atoms with van der Waals surface area (Å²) in [6.07, 6.45) is 10.2. The molecule has 3 saturated heterocycles. The van der Waals surface area contributed by atoms with E-state index in [2.05, 4.69) is 42.0 Å². The minimum atomic E-state index is -0.725. The third-order valence-electron chi connectivity index (χ3n) is 15.6. The van der Waals surface area contributed by atoms with Gasteiger partial charge in [0.25, 0.3) is 0 Å². The van der Waals surface area contributed by atoms with Gasteiger partial charge in [-0.3, -0.25) is 9.59 Å². The van der Waals surface area contributed by atoms with Crippen LogP contribution >= 0.6 is 0 Å². The SMILES string of the molecule is CC[C@H]1CCC[C@H](O[C@H]2CC[C@H](N(C)C)C(C)O2)[C@@H](C)C(=O)C2=C[C@H]3[C@@H]4C[C@H](O[C@@H]5OC(C)[C@H](OC)C(OC)[C@@H]5OC)C[C@H]4C4C=C(c5cncnc5)C(=O)OC4[C@H]3[C@@H]2CC(=O)O1. The molecule has 8 rings (SSSR count). The molecule has 1 aromatic rings. The largest absolute Gasteiger partial charge is 0.462 e. The molecule has 15 nitrogen and oxygen atoms in total. The zero-order valence-electron chi connectivity index (χ0n) is 38.5. The number of rotatable bonds is 10. The van der Waals surface area contributed by atoms with E-state index >= 15 is 4.79 Å². The van der Waals surface area contributed by atoms with Crippen LogP contribution in [0.5, 0.6) is 0 Å². The van der Waals surface area contributed by atoms with Crippen molar-refractivity contribution < 1.29 is 57.0 Å². The van der Waals surface area contributed by atoms with Crippen LogP contribution in [0.4, 0.5) is 0 Å². The van der Waals surface area contributed by atoms with Crippen LogP contribution in [0.15, 0.2) is 36.4 Å². The highest BCUT2D eigenvalue weighted by Gasteiger charge is 2.62. The van der Waals surface area contributed by atoms with Crippen molar-refractivity contribution in [3.8, 4) is 0 Å². The number of carbonyl (C=O) groups is 3. The molecule has 5 heterocycles. The van der Waals surface area contributed by atoms with Crippen molar-refractivity contribution in [2.45, 2.75) is 159 Å². The quantitative estimate of drug-likeness (QED) is 0.277. The van der Waals surface area contributed by atoms with Crippen molar-refractivity contribution in [1.82, 2.24) is 14.9 Å². The van der Waals surface area contributed by atoms with Gasteiger partial charge < -0.3 is 47.5 Å². The lowest BCUT2D eigenvalue weighted by molar-refractivity contribution is -0.314. The maximum Gasteiger partial charge on any atom is 0.338 e. The van der Waals surface area contributed by atoms with E-state index in [1.54, 1.807) is 33.7 Å². The minimum Gasteiger partial charge on any atom is -0.462 e. The number of ketones is 1. The lowest BCUT2D eigenvalue weighted by Gasteiger charge is -2.49. The molecule has 0 amide bonds. The molecule has 0 bridgehead atoms. The maximum absolute atomic E-state index is 15.2. The van der Waals surface area contributed by atoms with Crippen molar-refractivity contribution in [2.24, 2.45) is 41.4 Å². The normalized spacial score (nSPS) is 43.3. The number of aromatic nitrogens is 2. The molecular formula is C48H69N3O12. The Hall–Kier alpha value is -3.15. The maximum atomic E-state index is 15.2. The highest BCUT2D eigenvalue weighted by molar-refractivity contribution is 6.17. The molecule has 5 unspecified atom stereocenters. The Morgan fingerprint density at radius 1 is 0.794 bits per heavy atom. The monoisotopic (exact) mass is 879 g/mol. The fourth-order valence-electron chi connectivity index (χ4n) is 12.5. The number of Topliss-reactive ketones (excluding diaryl/α,β-unsaturated/α-hetero) is 1. The van der Waals surface area contributed by atoms with E-state index in [0.29, 0.717) is 48.8 Å². The van der Waals surface area contributed by atoms with E-state index in [1.165, 1.54) is 6.33 Å². The third-order valence-corrected chi connectivity index (χ3v) is 15.6. The first-order chi connectivity index (χ1) is 30.3. The molecule has 0 radical (unpaired) electrons. The highest BCUT2D eigenvalue weighted by Crippen LogP contribution is 2.61. The highest BCUT2D eigenvalue weighted by atomic mass is 16.7. The van der Waals surface area contributed by atoms with E-state index < -0.39 is 54.8 Å². The molecule has 4 aliphatic heterocycles. The average molecular weight is 880 g/mol. The van der Waals surface area contributed by atoms with Gasteiger partial charge in [0.15, 0.2) is 18.4 Å². The molecular weight excluding hydrogens is 811 g/mol. The predicted octanol–water partition coefficient (Wildman–Crippen LogP) is 5.35. The summed E-state index contributed by atoms with van der Waals surface area (Å²) in [6.45, 7) is 8.02. The number of methoxy groups -OCH3 is 3. The van der Waals surface area contributed by atoms with Crippen molar-refractivity contribution in [3.05, 3.63) is 42.0 Å². The number of fused-ring (bicyclic) bond motifs is 8. The fraction of sp³-hybridized carbons (Fsp3) is 0.771. The molecule has 5 fully saturated rings. The molecule has 3 aliphatic carbocycles. The first kappa shape index (κ1) is 46.4. The van der Waals surface area contributed by atoms with Gasteiger partial charge in [-0.2, -0.15) is 0 Å². The predicted molar refractivity (Wildman–Crippen MR) is 228 cm³/mol. The van der Waals surface area contributed by atoms with Gasteiger partial charge in [-0.15, -0.1) is 0 Å². The van der Waals surface area contributed by atoms with Crippen LogP contribution in [0.25, 0.3) is 5.57 Å². The summed E-state index contributed by atoms with van der Waals surface area (Å²) >= 11 is 0. The Balaban J connectivity index is 1.14. The Bertz CT molecular complexity index is 1840. The second kappa shape index (κ2) is 19.8. The number of nitrogens with zero attached hydrogens (tertiary/aromatic N) is 3. The van der Waals surface area contributed by atoms with Gasteiger partial charge in [-0.25, -0.2) is 14.8 Å². The van der Waals surface area contributed by atoms with Gasteiger partial charge in [0.1, 0.15) is 36.8 Å². The van der Waals surface area contributed by atoms with Crippen LogP contribution in [-0.2, 0) is 57.0 Å².